The third-order valence-electron chi connectivity index (χ3n) is 9.58. The fourth-order valence-corrected chi connectivity index (χ4v) is 8.80. The lowest BCUT2D eigenvalue weighted by Crippen LogP contribution is -2.36. The fraction of sp³-hybridized carbons (Fsp3) is 1.00. The van der Waals surface area contributed by atoms with Crippen molar-refractivity contribution in [3.63, 3.8) is 0 Å². The highest BCUT2D eigenvalue weighted by molar-refractivity contribution is 6.20. The molecular weight excluding hydrogens is 312 g/mol. The van der Waals surface area contributed by atoms with Gasteiger partial charge in [0.1, 0.15) is 0 Å². The molecule has 4 fully saturated rings. The molecule has 4 rings (SSSR count). The van der Waals surface area contributed by atoms with E-state index in [1.54, 1.807) is 0 Å². The summed E-state index contributed by atoms with van der Waals surface area (Å²) in [5.41, 5.74) is 1.12. The molecule has 0 amide bonds. The topological polar surface area (TPSA) is 0 Å². The fourth-order valence-electron chi connectivity index (χ4n) is 8.12. The van der Waals surface area contributed by atoms with E-state index >= 15 is 0 Å². The Bertz CT molecular complexity index is 465. The Hall–Kier alpha value is 0.290. The van der Waals surface area contributed by atoms with Crippen molar-refractivity contribution in [2.45, 2.75) is 97.3 Å². The van der Waals surface area contributed by atoms with Gasteiger partial charge < -0.3 is 0 Å². The molecule has 0 N–H and O–H groups in total. The first kappa shape index (κ1) is 17.7. The third-order valence-corrected chi connectivity index (χ3v) is 10.1. The van der Waals surface area contributed by atoms with Crippen molar-refractivity contribution in [1.82, 2.24) is 0 Å². The van der Waals surface area contributed by atoms with Crippen molar-refractivity contribution in [2.75, 3.05) is 0 Å². The molecular formula is C23H39Cl. The molecule has 7 unspecified atom stereocenters. The number of fused-ring (bicyclic) bond motifs is 4. The van der Waals surface area contributed by atoms with Gasteiger partial charge in [-0.15, -0.1) is 11.6 Å². The van der Waals surface area contributed by atoms with Crippen molar-refractivity contribution >= 4 is 11.6 Å². The van der Waals surface area contributed by atoms with Crippen LogP contribution in [0, 0.1) is 46.3 Å². The molecule has 4 saturated carbocycles. The van der Waals surface area contributed by atoms with E-state index in [2.05, 4.69) is 27.7 Å². The minimum atomic E-state index is 0.434. The predicted octanol–water partition coefficient (Wildman–Crippen LogP) is 7.30. The van der Waals surface area contributed by atoms with Crippen LogP contribution in [0.3, 0.4) is 0 Å². The van der Waals surface area contributed by atoms with Crippen LogP contribution in [-0.2, 0) is 0 Å². The minimum absolute atomic E-state index is 0.434. The van der Waals surface area contributed by atoms with E-state index in [-0.39, 0.29) is 0 Å². The number of alkyl halides is 1. The van der Waals surface area contributed by atoms with E-state index in [1.165, 1.54) is 64.2 Å². The standard InChI is InChI=1S/C23H39Cl/c1-22(2)17-11-9-15(13-17)19(22)7-5-6-8-20(24)21-16-10-12-18(14-16)23(21,3)4/h15-21H,5-14H2,1-4H3. The first-order chi connectivity index (χ1) is 11.3. The Morgan fingerprint density at radius 2 is 1.46 bits per heavy atom. The van der Waals surface area contributed by atoms with Crippen LogP contribution in [0.15, 0.2) is 0 Å². The summed E-state index contributed by atoms with van der Waals surface area (Å²) in [4.78, 5) is 0. The quantitative estimate of drug-likeness (QED) is 0.348. The van der Waals surface area contributed by atoms with Crippen LogP contribution in [-0.4, -0.2) is 5.38 Å². The lowest BCUT2D eigenvalue weighted by atomic mass is 9.66. The van der Waals surface area contributed by atoms with Crippen LogP contribution in [0.2, 0.25) is 0 Å². The van der Waals surface area contributed by atoms with Gasteiger partial charge in [0.05, 0.1) is 0 Å². The van der Waals surface area contributed by atoms with Gasteiger partial charge in [-0.3, -0.25) is 0 Å². The summed E-state index contributed by atoms with van der Waals surface area (Å²) in [5.74, 6) is 5.78. The smallest absolute Gasteiger partial charge is 0.0372 e. The summed E-state index contributed by atoms with van der Waals surface area (Å²) in [6.07, 6.45) is 14.5. The van der Waals surface area contributed by atoms with Crippen LogP contribution in [0.4, 0.5) is 0 Å². The first-order valence-electron chi connectivity index (χ1n) is 11.0. The van der Waals surface area contributed by atoms with Crippen LogP contribution in [0.25, 0.3) is 0 Å². The average Bonchev–Trinajstić information content (AvgIpc) is 3.22. The molecule has 0 saturated heterocycles. The van der Waals surface area contributed by atoms with Crippen molar-refractivity contribution in [3.8, 4) is 0 Å². The third kappa shape index (κ3) is 2.69. The lowest BCUT2D eigenvalue weighted by Gasteiger charge is -2.41. The highest BCUT2D eigenvalue weighted by Gasteiger charge is 2.55. The molecule has 24 heavy (non-hydrogen) atoms. The summed E-state index contributed by atoms with van der Waals surface area (Å²) >= 11 is 6.98. The van der Waals surface area contributed by atoms with E-state index in [0.717, 1.165) is 35.5 Å². The van der Waals surface area contributed by atoms with Gasteiger partial charge in [-0.05, 0) is 97.7 Å². The Kier molecular flexibility index (Phi) is 4.55. The predicted molar refractivity (Wildman–Crippen MR) is 104 cm³/mol. The van der Waals surface area contributed by atoms with E-state index in [1.807, 2.05) is 0 Å². The minimum Gasteiger partial charge on any atom is -0.123 e. The molecule has 0 aromatic carbocycles. The second kappa shape index (κ2) is 6.17. The number of rotatable bonds is 6. The zero-order valence-electron chi connectivity index (χ0n) is 16.5. The van der Waals surface area contributed by atoms with Crippen LogP contribution in [0.1, 0.15) is 91.9 Å². The molecule has 0 aromatic heterocycles. The van der Waals surface area contributed by atoms with E-state index in [4.69, 9.17) is 11.6 Å². The molecule has 4 aliphatic carbocycles. The van der Waals surface area contributed by atoms with Gasteiger partial charge in [0.15, 0.2) is 0 Å². The second-order valence-corrected chi connectivity index (χ2v) is 11.7. The summed E-state index contributed by atoms with van der Waals surface area (Å²) in [6.45, 7) is 10.1. The Morgan fingerprint density at radius 3 is 2.04 bits per heavy atom. The van der Waals surface area contributed by atoms with Gasteiger partial charge in [0.2, 0.25) is 0 Å². The molecule has 0 aliphatic heterocycles. The molecule has 0 radical (unpaired) electrons. The normalized spacial score (nSPS) is 45.9. The molecule has 0 nitrogen and oxygen atoms in total. The van der Waals surface area contributed by atoms with Crippen molar-refractivity contribution < 1.29 is 0 Å². The molecule has 4 aliphatic rings. The zero-order valence-corrected chi connectivity index (χ0v) is 17.2. The Labute approximate surface area is 155 Å². The molecule has 1 heteroatoms. The lowest BCUT2D eigenvalue weighted by molar-refractivity contribution is 0.106. The summed E-state index contributed by atoms with van der Waals surface area (Å²) in [5, 5.41) is 0.434. The zero-order chi connectivity index (χ0) is 17.1. The summed E-state index contributed by atoms with van der Waals surface area (Å²) in [7, 11) is 0. The van der Waals surface area contributed by atoms with Crippen molar-refractivity contribution in [3.05, 3.63) is 0 Å². The van der Waals surface area contributed by atoms with Gasteiger partial charge in [-0.2, -0.15) is 0 Å². The maximum atomic E-state index is 6.98. The number of halogens is 1. The molecule has 0 aromatic rings. The highest BCUT2D eigenvalue weighted by Crippen LogP contribution is 2.62. The second-order valence-electron chi connectivity index (χ2n) is 11.1. The molecule has 7 atom stereocenters. The van der Waals surface area contributed by atoms with Crippen LogP contribution in [0.5, 0.6) is 0 Å². The van der Waals surface area contributed by atoms with Gasteiger partial charge in [-0.25, -0.2) is 0 Å². The van der Waals surface area contributed by atoms with Crippen molar-refractivity contribution in [2.24, 2.45) is 46.3 Å². The summed E-state index contributed by atoms with van der Waals surface area (Å²) in [6, 6.07) is 0. The van der Waals surface area contributed by atoms with Gasteiger partial charge >= 0.3 is 0 Å². The van der Waals surface area contributed by atoms with Crippen LogP contribution >= 0.6 is 11.6 Å². The maximum Gasteiger partial charge on any atom is 0.0372 e. The van der Waals surface area contributed by atoms with Gasteiger partial charge in [-0.1, -0.05) is 40.5 Å². The molecule has 0 heterocycles. The van der Waals surface area contributed by atoms with Crippen molar-refractivity contribution in [1.29, 1.82) is 0 Å². The molecule has 4 bridgehead atoms. The molecule has 0 spiro atoms. The Balaban J connectivity index is 1.25. The maximum absolute atomic E-state index is 6.98. The van der Waals surface area contributed by atoms with E-state index in [9.17, 15) is 0 Å². The number of hydrogen-bond acceptors (Lipinski definition) is 0. The van der Waals surface area contributed by atoms with Gasteiger partial charge in [0.25, 0.3) is 0 Å². The Morgan fingerprint density at radius 1 is 0.833 bits per heavy atom. The largest absolute Gasteiger partial charge is 0.123 e. The monoisotopic (exact) mass is 350 g/mol. The SMILES string of the molecule is CC1(C)C2CCC(C2)C1CCCCC(Cl)C1C2CCC(C2)C1(C)C. The number of unbranched alkanes of at least 4 members (excludes halogenated alkanes) is 1. The van der Waals surface area contributed by atoms with E-state index in [0.29, 0.717) is 16.2 Å². The van der Waals surface area contributed by atoms with E-state index < -0.39 is 0 Å². The van der Waals surface area contributed by atoms with Gasteiger partial charge in [0, 0.05) is 5.38 Å². The molecule has 138 valence electrons. The average molecular weight is 351 g/mol. The number of hydrogen-bond donors (Lipinski definition) is 0. The van der Waals surface area contributed by atoms with Crippen LogP contribution < -0.4 is 0 Å². The summed E-state index contributed by atoms with van der Waals surface area (Å²) < 4.78 is 0. The highest BCUT2D eigenvalue weighted by atomic mass is 35.5. The first-order valence-corrected chi connectivity index (χ1v) is 11.4.